The van der Waals surface area contributed by atoms with E-state index >= 15 is 0 Å². The van der Waals surface area contributed by atoms with Gasteiger partial charge in [0.15, 0.2) is 0 Å². The number of hydrogen-bond acceptors (Lipinski definition) is 6. The Morgan fingerprint density at radius 2 is 2.06 bits per heavy atom. The van der Waals surface area contributed by atoms with E-state index in [0.29, 0.717) is 11.9 Å². The maximum atomic E-state index is 5.77. The van der Waals surface area contributed by atoms with Gasteiger partial charge in [-0.2, -0.15) is 15.0 Å². The SMILES string of the molecule is CNc1nc(Cl)nc(NC(C)c2ccco2)n1. The summed E-state index contributed by atoms with van der Waals surface area (Å²) in [5, 5.41) is 6.02. The summed E-state index contributed by atoms with van der Waals surface area (Å²) in [7, 11) is 1.71. The number of aromatic nitrogens is 3. The zero-order valence-corrected chi connectivity index (χ0v) is 10.2. The van der Waals surface area contributed by atoms with Crippen molar-refractivity contribution < 1.29 is 4.42 Å². The molecule has 90 valence electrons. The Kier molecular flexibility index (Phi) is 3.43. The fourth-order valence-corrected chi connectivity index (χ4v) is 1.49. The molecule has 2 rings (SSSR count). The van der Waals surface area contributed by atoms with Crippen molar-refractivity contribution in [3.8, 4) is 0 Å². The fourth-order valence-electron chi connectivity index (χ4n) is 1.33. The Bertz CT molecular complexity index is 487. The first-order chi connectivity index (χ1) is 8.19. The van der Waals surface area contributed by atoms with Crippen molar-refractivity contribution in [2.24, 2.45) is 0 Å². The Morgan fingerprint density at radius 3 is 2.71 bits per heavy atom. The molecule has 1 unspecified atom stereocenters. The van der Waals surface area contributed by atoms with Crippen molar-refractivity contribution in [3.63, 3.8) is 0 Å². The van der Waals surface area contributed by atoms with Gasteiger partial charge in [-0.1, -0.05) is 0 Å². The van der Waals surface area contributed by atoms with Gasteiger partial charge in [0.25, 0.3) is 0 Å². The van der Waals surface area contributed by atoms with E-state index in [2.05, 4.69) is 25.6 Å². The van der Waals surface area contributed by atoms with Gasteiger partial charge in [0.1, 0.15) is 5.76 Å². The van der Waals surface area contributed by atoms with Crippen LogP contribution in [0.15, 0.2) is 22.8 Å². The molecule has 0 spiro atoms. The number of hydrogen-bond donors (Lipinski definition) is 2. The maximum absolute atomic E-state index is 5.77. The van der Waals surface area contributed by atoms with E-state index in [-0.39, 0.29) is 11.3 Å². The summed E-state index contributed by atoms with van der Waals surface area (Å²) >= 11 is 5.77. The van der Waals surface area contributed by atoms with Gasteiger partial charge >= 0.3 is 0 Å². The van der Waals surface area contributed by atoms with Gasteiger partial charge < -0.3 is 15.1 Å². The lowest BCUT2D eigenvalue weighted by Crippen LogP contribution is -2.10. The first-order valence-electron chi connectivity index (χ1n) is 5.08. The molecule has 0 bridgehead atoms. The zero-order valence-electron chi connectivity index (χ0n) is 9.44. The maximum Gasteiger partial charge on any atom is 0.229 e. The van der Waals surface area contributed by atoms with Crippen molar-refractivity contribution in [2.75, 3.05) is 17.7 Å². The molecule has 2 aromatic heterocycles. The summed E-state index contributed by atoms with van der Waals surface area (Å²) in [5.41, 5.74) is 0. The second-order valence-corrected chi connectivity index (χ2v) is 3.72. The van der Waals surface area contributed by atoms with Crippen molar-refractivity contribution >= 4 is 23.5 Å². The highest BCUT2D eigenvalue weighted by Crippen LogP contribution is 2.18. The second kappa shape index (κ2) is 5.01. The molecule has 2 N–H and O–H groups in total. The van der Waals surface area contributed by atoms with Gasteiger partial charge in [-0.05, 0) is 30.7 Å². The van der Waals surface area contributed by atoms with Crippen molar-refractivity contribution in [3.05, 3.63) is 29.4 Å². The Balaban J connectivity index is 2.15. The summed E-state index contributed by atoms with van der Waals surface area (Å²) in [6.45, 7) is 1.94. The highest BCUT2D eigenvalue weighted by molar-refractivity contribution is 6.28. The number of furan rings is 1. The van der Waals surface area contributed by atoms with Crippen LogP contribution in [0.5, 0.6) is 0 Å². The van der Waals surface area contributed by atoms with E-state index in [9.17, 15) is 0 Å². The van der Waals surface area contributed by atoms with Gasteiger partial charge in [0, 0.05) is 7.05 Å². The van der Waals surface area contributed by atoms with Crippen LogP contribution in [0.4, 0.5) is 11.9 Å². The molecular weight excluding hydrogens is 242 g/mol. The lowest BCUT2D eigenvalue weighted by atomic mass is 10.2. The molecule has 7 heteroatoms. The normalized spacial score (nSPS) is 12.2. The van der Waals surface area contributed by atoms with Crippen LogP contribution in [-0.2, 0) is 0 Å². The van der Waals surface area contributed by atoms with Crippen LogP contribution in [-0.4, -0.2) is 22.0 Å². The minimum Gasteiger partial charge on any atom is -0.467 e. The van der Waals surface area contributed by atoms with Crippen LogP contribution < -0.4 is 10.6 Å². The average Bonchev–Trinajstić information content (AvgIpc) is 2.81. The van der Waals surface area contributed by atoms with Gasteiger partial charge in [-0.3, -0.25) is 0 Å². The van der Waals surface area contributed by atoms with Gasteiger partial charge in [0.05, 0.1) is 12.3 Å². The lowest BCUT2D eigenvalue weighted by Gasteiger charge is -2.11. The summed E-state index contributed by atoms with van der Waals surface area (Å²) in [4.78, 5) is 12.0. The van der Waals surface area contributed by atoms with E-state index in [1.807, 2.05) is 19.1 Å². The number of halogens is 1. The quantitative estimate of drug-likeness (QED) is 0.871. The van der Waals surface area contributed by atoms with Crippen LogP contribution >= 0.6 is 11.6 Å². The monoisotopic (exact) mass is 253 g/mol. The van der Waals surface area contributed by atoms with E-state index in [1.54, 1.807) is 13.3 Å². The third-order valence-corrected chi connectivity index (χ3v) is 2.32. The summed E-state index contributed by atoms with van der Waals surface area (Å²) < 4.78 is 5.27. The smallest absolute Gasteiger partial charge is 0.229 e. The molecule has 2 aromatic rings. The Morgan fingerprint density at radius 1 is 1.29 bits per heavy atom. The molecule has 2 heterocycles. The lowest BCUT2D eigenvalue weighted by molar-refractivity contribution is 0.489. The highest BCUT2D eigenvalue weighted by atomic mass is 35.5. The molecule has 0 aliphatic rings. The van der Waals surface area contributed by atoms with Crippen LogP contribution in [0.1, 0.15) is 18.7 Å². The molecular formula is C10H12ClN5O. The predicted octanol–water partition coefficient (Wildman–Crippen LogP) is 2.33. The van der Waals surface area contributed by atoms with Crippen molar-refractivity contribution in [1.82, 2.24) is 15.0 Å². The molecule has 0 saturated carbocycles. The molecule has 0 radical (unpaired) electrons. The summed E-state index contributed by atoms with van der Waals surface area (Å²) in [5.74, 6) is 1.62. The molecule has 0 aliphatic carbocycles. The van der Waals surface area contributed by atoms with Gasteiger partial charge in [-0.25, -0.2) is 0 Å². The third kappa shape index (κ3) is 2.85. The van der Waals surface area contributed by atoms with Gasteiger partial charge in [-0.15, -0.1) is 0 Å². The van der Waals surface area contributed by atoms with E-state index in [4.69, 9.17) is 16.0 Å². The largest absolute Gasteiger partial charge is 0.467 e. The highest BCUT2D eigenvalue weighted by Gasteiger charge is 2.11. The number of nitrogens with zero attached hydrogens (tertiary/aromatic N) is 3. The van der Waals surface area contributed by atoms with Crippen LogP contribution in [0.2, 0.25) is 5.28 Å². The minimum atomic E-state index is -0.0480. The molecule has 6 nitrogen and oxygen atoms in total. The van der Waals surface area contributed by atoms with Crippen molar-refractivity contribution in [2.45, 2.75) is 13.0 Å². The number of anilines is 2. The van der Waals surface area contributed by atoms with Crippen LogP contribution in [0.3, 0.4) is 0 Å². The Labute approximate surface area is 103 Å². The molecule has 1 atom stereocenters. The average molecular weight is 254 g/mol. The molecule has 0 amide bonds. The molecule has 0 aromatic carbocycles. The molecule has 17 heavy (non-hydrogen) atoms. The summed E-state index contributed by atoms with van der Waals surface area (Å²) in [6.07, 6.45) is 1.62. The van der Waals surface area contributed by atoms with E-state index in [0.717, 1.165) is 5.76 Å². The predicted molar refractivity (Wildman–Crippen MR) is 65.1 cm³/mol. The zero-order chi connectivity index (χ0) is 12.3. The first-order valence-corrected chi connectivity index (χ1v) is 5.46. The summed E-state index contributed by atoms with van der Waals surface area (Å²) in [6, 6.07) is 3.65. The second-order valence-electron chi connectivity index (χ2n) is 3.38. The van der Waals surface area contributed by atoms with Crippen LogP contribution in [0.25, 0.3) is 0 Å². The number of nitrogens with one attached hydrogen (secondary N) is 2. The Hall–Kier alpha value is -1.82. The fraction of sp³-hybridized carbons (Fsp3) is 0.300. The molecule has 0 saturated heterocycles. The van der Waals surface area contributed by atoms with E-state index < -0.39 is 0 Å². The van der Waals surface area contributed by atoms with Gasteiger partial charge in [0.2, 0.25) is 17.2 Å². The minimum absolute atomic E-state index is 0.0480. The topological polar surface area (TPSA) is 75.9 Å². The van der Waals surface area contributed by atoms with Crippen molar-refractivity contribution in [1.29, 1.82) is 0 Å². The third-order valence-electron chi connectivity index (χ3n) is 2.15. The first kappa shape index (κ1) is 11.7. The standard InChI is InChI=1S/C10H12ClN5O/c1-6(7-4-3-5-17-7)13-10-15-8(11)14-9(12-2)16-10/h3-6H,1-2H3,(H2,12,13,14,15,16). The number of rotatable bonds is 4. The van der Waals surface area contributed by atoms with E-state index in [1.165, 1.54) is 0 Å². The van der Waals surface area contributed by atoms with Crippen LogP contribution in [0, 0.1) is 0 Å². The molecule has 0 fully saturated rings. The molecule has 0 aliphatic heterocycles.